The zero-order valence-corrected chi connectivity index (χ0v) is 13.7. The SMILES string of the molecule is Cc1nc2ccccn2c1C(=O)N1CCN(c2ccccc2)CC1. The van der Waals surface area contributed by atoms with Crippen molar-refractivity contribution in [3.05, 3.63) is 66.1 Å². The highest BCUT2D eigenvalue weighted by Gasteiger charge is 2.26. The summed E-state index contributed by atoms with van der Waals surface area (Å²) in [5, 5.41) is 0. The van der Waals surface area contributed by atoms with E-state index in [9.17, 15) is 4.79 Å². The number of imidazole rings is 1. The molecule has 0 saturated carbocycles. The van der Waals surface area contributed by atoms with Crippen LogP contribution in [0.2, 0.25) is 0 Å². The second-order valence-electron chi connectivity index (χ2n) is 6.09. The summed E-state index contributed by atoms with van der Waals surface area (Å²) in [6.45, 7) is 5.07. The van der Waals surface area contributed by atoms with Crippen LogP contribution in [0.5, 0.6) is 0 Å². The van der Waals surface area contributed by atoms with Crippen LogP contribution in [0, 0.1) is 6.92 Å². The fraction of sp³-hybridized carbons (Fsp3) is 0.263. The first-order chi connectivity index (χ1) is 11.7. The van der Waals surface area contributed by atoms with Crippen molar-refractivity contribution in [1.29, 1.82) is 0 Å². The van der Waals surface area contributed by atoms with Crippen LogP contribution in [0.1, 0.15) is 16.2 Å². The van der Waals surface area contributed by atoms with Gasteiger partial charge in [-0.2, -0.15) is 0 Å². The summed E-state index contributed by atoms with van der Waals surface area (Å²) < 4.78 is 1.89. The lowest BCUT2D eigenvalue weighted by Gasteiger charge is -2.36. The van der Waals surface area contributed by atoms with Crippen molar-refractivity contribution in [2.75, 3.05) is 31.1 Å². The molecule has 0 radical (unpaired) electrons. The minimum Gasteiger partial charge on any atom is -0.368 e. The summed E-state index contributed by atoms with van der Waals surface area (Å²) in [5.41, 5.74) is 3.51. The van der Waals surface area contributed by atoms with Crippen molar-refractivity contribution in [2.24, 2.45) is 0 Å². The third-order valence-electron chi connectivity index (χ3n) is 4.60. The summed E-state index contributed by atoms with van der Waals surface area (Å²) in [4.78, 5) is 21.7. The van der Waals surface area contributed by atoms with E-state index >= 15 is 0 Å². The van der Waals surface area contributed by atoms with Gasteiger partial charge in [0.25, 0.3) is 5.91 Å². The Hall–Kier alpha value is -2.82. The Morgan fingerprint density at radius 1 is 0.958 bits per heavy atom. The van der Waals surface area contributed by atoms with Gasteiger partial charge in [-0.25, -0.2) is 4.98 Å². The average molecular weight is 320 g/mol. The lowest BCUT2D eigenvalue weighted by molar-refractivity contribution is 0.0739. The van der Waals surface area contributed by atoms with Gasteiger partial charge in [0, 0.05) is 38.1 Å². The summed E-state index contributed by atoms with van der Waals surface area (Å²) >= 11 is 0. The smallest absolute Gasteiger partial charge is 0.272 e. The van der Waals surface area contributed by atoms with Crippen LogP contribution in [0.4, 0.5) is 5.69 Å². The maximum atomic E-state index is 13.0. The number of para-hydroxylation sites is 1. The molecule has 1 saturated heterocycles. The second-order valence-corrected chi connectivity index (χ2v) is 6.09. The zero-order valence-electron chi connectivity index (χ0n) is 13.7. The third kappa shape index (κ3) is 2.52. The van der Waals surface area contributed by atoms with Crippen molar-refractivity contribution in [3.63, 3.8) is 0 Å². The lowest BCUT2D eigenvalue weighted by Crippen LogP contribution is -2.49. The molecular formula is C19H20N4O. The molecule has 1 aliphatic rings. The highest BCUT2D eigenvalue weighted by atomic mass is 16.2. The lowest BCUT2D eigenvalue weighted by atomic mass is 10.2. The molecule has 0 spiro atoms. The normalized spacial score (nSPS) is 15.0. The first-order valence-electron chi connectivity index (χ1n) is 8.27. The standard InChI is InChI=1S/C19H20N4O/c1-15-18(23-10-6-5-9-17(23)20-15)19(24)22-13-11-21(12-14-22)16-7-3-2-4-8-16/h2-10H,11-14H2,1H3. The molecule has 0 aliphatic carbocycles. The van der Waals surface area contributed by atoms with Crippen molar-refractivity contribution < 1.29 is 4.79 Å². The summed E-state index contributed by atoms with van der Waals surface area (Å²) in [6.07, 6.45) is 1.91. The van der Waals surface area contributed by atoms with E-state index in [2.05, 4.69) is 34.1 Å². The van der Waals surface area contributed by atoms with Gasteiger partial charge >= 0.3 is 0 Å². The molecule has 4 rings (SSSR count). The first kappa shape index (κ1) is 14.8. The minimum absolute atomic E-state index is 0.0684. The summed E-state index contributed by atoms with van der Waals surface area (Å²) in [7, 11) is 0. The molecule has 2 aromatic heterocycles. The van der Waals surface area contributed by atoms with Crippen LogP contribution in [0.25, 0.3) is 5.65 Å². The van der Waals surface area contributed by atoms with Crippen molar-refractivity contribution >= 4 is 17.2 Å². The maximum absolute atomic E-state index is 13.0. The molecule has 5 nitrogen and oxygen atoms in total. The molecule has 1 fully saturated rings. The molecular weight excluding hydrogens is 300 g/mol. The highest BCUT2D eigenvalue weighted by molar-refractivity contribution is 5.94. The molecule has 3 aromatic rings. The van der Waals surface area contributed by atoms with E-state index in [1.165, 1.54) is 5.69 Å². The number of amides is 1. The predicted octanol–water partition coefficient (Wildman–Crippen LogP) is 2.61. The van der Waals surface area contributed by atoms with Crippen molar-refractivity contribution in [3.8, 4) is 0 Å². The van der Waals surface area contributed by atoms with Gasteiger partial charge < -0.3 is 9.80 Å². The molecule has 1 amide bonds. The fourth-order valence-electron chi connectivity index (χ4n) is 3.33. The Kier molecular flexibility index (Phi) is 3.69. The molecule has 3 heterocycles. The number of carbonyl (C=O) groups excluding carboxylic acids is 1. The van der Waals surface area contributed by atoms with E-state index in [1.807, 2.05) is 46.7 Å². The van der Waals surface area contributed by atoms with Crippen LogP contribution in [-0.2, 0) is 0 Å². The van der Waals surface area contributed by atoms with Crippen LogP contribution in [0.15, 0.2) is 54.7 Å². The second kappa shape index (κ2) is 6.00. The van der Waals surface area contributed by atoms with Gasteiger partial charge in [0.2, 0.25) is 0 Å². The molecule has 0 atom stereocenters. The van der Waals surface area contributed by atoms with Crippen LogP contribution < -0.4 is 4.90 Å². The van der Waals surface area contributed by atoms with Gasteiger partial charge in [-0.15, -0.1) is 0 Å². The fourth-order valence-corrected chi connectivity index (χ4v) is 3.33. The number of anilines is 1. The zero-order chi connectivity index (χ0) is 16.5. The first-order valence-corrected chi connectivity index (χ1v) is 8.27. The van der Waals surface area contributed by atoms with Gasteiger partial charge in [0.1, 0.15) is 11.3 Å². The Bertz CT molecular complexity index is 863. The Morgan fingerprint density at radius 3 is 2.42 bits per heavy atom. The van der Waals surface area contributed by atoms with E-state index in [0.29, 0.717) is 5.69 Å². The average Bonchev–Trinajstić information content (AvgIpc) is 2.98. The molecule has 122 valence electrons. The van der Waals surface area contributed by atoms with Crippen LogP contribution in [0.3, 0.4) is 0 Å². The van der Waals surface area contributed by atoms with E-state index in [4.69, 9.17) is 0 Å². The predicted molar refractivity (Wildman–Crippen MR) is 94.5 cm³/mol. The molecule has 1 aliphatic heterocycles. The number of fused-ring (bicyclic) bond motifs is 1. The number of carbonyl (C=O) groups is 1. The van der Waals surface area contributed by atoms with E-state index < -0.39 is 0 Å². The number of nitrogens with zero attached hydrogens (tertiary/aromatic N) is 4. The molecule has 24 heavy (non-hydrogen) atoms. The largest absolute Gasteiger partial charge is 0.368 e. The van der Waals surface area contributed by atoms with Crippen LogP contribution in [-0.4, -0.2) is 46.4 Å². The van der Waals surface area contributed by atoms with Crippen molar-refractivity contribution in [2.45, 2.75) is 6.92 Å². The minimum atomic E-state index is 0.0684. The highest BCUT2D eigenvalue weighted by Crippen LogP contribution is 2.18. The number of benzene rings is 1. The number of rotatable bonds is 2. The topological polar surface area (TPSA) is 40.9 Å². The number of pyridine rings is 1. The quantitative estimate of drug-likeness (QED) is 0.729. The van der Waals surface area contributed by atoms with Gasteiger partial charge in [0.05, 0.1) is 5.69 Å². The number of hydrogen-bond acceptors (Lipinski definition) is 3. The molecule has 0 N–H and O–H groups in total. The monoisotopic (exact) mass is 320 g/mol. The summed E-state index contributed by atoms with van der Waals surface area (Å²) in [5.74, 6) is 0.0684. The molecule has 0 unspecified atom stereocenters. The Balaban J connectivity index is 1.53. The van der Waals surface area contributed by atoms with Crippen LogP contribution >= 0.6 is 0 Å². The maximum Gasteiger partial charge on any atom is 0.272 e. The van der Waals surface area contributed by atoms with Gasteiger partial charge in [-0.3, -0.25) is 9.20 Å². The molecule has 1 aromatic carbocycles. The van der Waals surface area contributed by atoms with Gasteiger partial charge in [-0.1, -0.05) is 24.3 Å². The summed E-state index contributed by atoms with van der Waals surface area (Å²) in [6, 6.07) is 16.2. The van der Waals surface area contributed by atoms with Gasteiger partial charge in [-0.05, 0) is 31.2 Å². The number of piperazine rings is 1. The van der Waals surface area contributed by atoms with Crippen molar-refractivity contribution in [1.82, 2.24) is 14.3 Å². The van der Waals surface area contributed by atoms with Gasteiger partial charge in [0.15, 0.2) is 0 Å². The molecule has 0 bridgehead atoms. The van der Waals surface area contributed by atoms with E-state index in [-0.39, 0.29) is 5.91 Å². The Labute approximate surface area is 141 Å². The van der Waals surface area contributed by atoms with E-state index in [0.717, 1.165) is 37.5 Å². The molecule has 5 heteroatoms. The number of hydrogen-bond donors (Lipinski definition) is 0. The van der Waals surface area contributed by atoms with E-state index in [1.54, 1.807) is 0 Å². The third-order valence-corrected chi connectivity index (χ3v) is 4.60. The number of aryl methyl sites for hydroxylation is 1. The number of aromatic nitrogens is 2. The Morgan fingerprint density at radius 2 is 1.67 bits per heavy atom.